The molecule has 5 nitrogen and oxygen atoms in total. The molecule has 3 rings (SSSR count). The minimum atomic E-state index is -0.0831. The molecule has 1 aliphatic rings. The first-order valence-corrected chi connectivity index (χ1v) is 8.06. The van der Waals surface area contributed by atoms with E-state index in [0.29, 0.717) is 17.4 Å². The van der Waals surface area contributed by atoms with Crippen molar-refractivity contribution in [3.05, 3.63) is 27.6 Å². The van der Waals surface area contributed by atoms with Gasteiger partial charge in [0.05, 0.1) is 12.2 Å². The smallest absolute Gasteiger partial charge is 0.260 e. The second kappa shape index (κ2) is 5.68. The maximum atomic E-state index is 5.94. The second-order valence-electron chi connectivity index (χ2n) is 4.12. The summed E-state index contributed by atoms with van der Waals surface area (Å²) in [5.41, 5.74) is 7.35. The molecule has 0 saturated carbocycles. The number of hydrogen-bond acceptors (Lipinski definition) is 6. The van der Waals surface area contributed by atoms with Gasteiger partial charge in [-0.25, -0.2) is 0 Å². The summed E-state index contributed by atoms with van der Waals surface area (Å²) in [7, 11) is 0. The lowest BCUT2D eigenvalue weighted by Crippen LogP contribution is -2.16. The highest BCUT2D eigenvalue weighted by Gasteiger charge is 2.23. The van der Waals surface area contributed by atoms with Gasteiger partial charge in [0.1, 0.15) is 6.10 Å². The van der Waals surface area contributed by atoms with E-state index in [9.17, 15) is 0 Å². The number of halogens is 1. The Hall–Kier alpha value is -0.800. The molecule has 0 spiro atoms. The van der Waals surface area contributed by atoms with Gasteiger partial charge in [-0.1, -0.05) is 5.16 Å². The van der Waals surface area contributed by atoms with E-state index < -0.39 is 0 Å². The molecule has 2 aromatic rings. The summed E-state index contributed by atoms with van der Waals surface area (Å²) < 4.78 is 12.0. The summed E-state index contributed by atoms with van der Waals surface area (Å²) in [5.74, 6) is 2.93. The lowest BCUT2D eigenvalue weighted by molar-refractivity contribution is 0.0677. The lowest BCUT2D eigenvalue weighted by Gasteiger charge is -2.18. The molecule has 0 amide bonds. The van der Waals surface area contributed by atoms with Crippen LogP contribution in [0.15, 0.2) is 22.7 Å². The summed E-state index contributed by atoms with van der Waals surface area (Å²) in [4.78, 5) is 4.41. The Balaban J connectivity index is 1.89. The number of anilines is 1. The first kappa shape index (κ1) is 13.2. The molecule has 2 N–H and O–H groups in total. The van der Waals surface area contributed by atoms with Crippen LogP contribution in [0, 0.1) is 3.57 Å². The third-order valence-electron chi connectivity index (χ3n) is 2.79. The van der Waals surface area contributed by atoms with Crippen LogP contribution in [0.4, 0.5) is 5.69 Å². The van der Waals surface area contributed by atoms with Gasteiger partial charge >= 0.3 is 0 Å². The third-order valence-corrected chi connectivity index (χ3v) is 4.46. The molecule has 7 heteroatoms. The number of nitrogens with two attached hydrogens (primary N) is 1. The zero-order valence-electron chi connectivity index (χ0n) is 10.0. The summed E-state index contributed by atoms with van der Waals surface area (Å²) in [6.07, 6.45) is -0.0831. The number of ether oxygens (including phenoxy) is 1. The predicted molar refractivity (Wildman–Crippen MR) is 82.9 cm³/mol. The van der Waals surface area contributed by atoms with Crippen molar-refractivity contribution in [2.75, 3.05) is 23.8 Å². The summed E-state index contributed by atoms with van der Waals surface area (Å²) in [6.45, 7) is 0.727. The summed E-state index contributed by atoms with van der Waals surface area (Å²) >= 11 is 4.06. The molecular formula is C12H12IN3O2S. The zero-order valence-corrected chi connectivity index (χ0v) is 13.0. The lowest BCUT2D eigenvalue weighted by atomic mass is 10.2. The van der Waals surface area contributed by atoms with Crippen LogP contribution >= 0.6 is 34.4 Å². The van der Waals surface area contributed by atoms with Crippen molar-refractivity contribution in [1.29, 1.82) is 0 Å². The van der Waals surface area contributed by atoms with E-state index >= 15 is 0 Å². The Morgan fingerprint density at radius 1 is 1.42 bits per heavy atom. The van der Waals surface area contributed by atoms with E-state index in [1.165, 1.54) is 0 Å². The molecule has 19 heavy (non-hydrogen) atoms. The van der Waals surface area contributed by atoms with Crippen LogP contribution in [-0.4, -0.2) is 28.3 Å². The van der Waals surface area contributed by atoms with Gasteiger partial charge in [-0.05, 0) is 40.8 Å². The molecular weight excluding hydrogens is 377 g/mol. The van der Waals surface area contributed by atoms with Crippen molar-refractivity contribution < 1.29 is 9.26 Å². The van der Waals surface area contributed by atoms with Gasteiger partial charge in [-0.3, -0.25) is 0 Å². The average molecular weight is 389 g/mol. The Labute approximate surface area is 128 Å². The number of aromatic nitrogens is 2. The molecule has 1 atom stereocenters. The van der Waals surface area contributed by atoms with E-state index in [-0.39, 0.29) is 6.10 Å². The van der Waals surface area contributed by atoms with Crippen molar-refractivity contribution in [2.45, 2.75) is 6.10 Å². The molecule has 1 aliphatic heterocycles. The van der Waals surface area contributed by atoms with E-state index in [2.05, 4.69) is 32.7 Å². The van der Waals surface area contributed by atoms with Crippen LogP contribution in [0.5, 0.6) is 0 Å². The highest BCUT2D eigenvalue weighted by molar-refractivity contribution is 14.1. The molecule has 1 aromatic heterocycles. The van der Waals surface area contributed by atoms with Crippen LogP contribution in [0.1, 0.15) is 11.9 Å². The van der Waals surface area contributed by atoms with Crippen LogP contribution in [0.2, 0.25) is 0 Å². The topological polar surface area (TPSA) is 74.2 Å². The number of nitrogens with zero attached hydrogens (tertiary/aromatic N) is 2. The van der Waals surface area contributed by atoms with Crippen molar-refractivity contribution in [3.63, 3.8) is 0 Å². The molecule has 1 unspecified atom stereocenters. The minimum Gasteiger partial charge on any atom is -0.398 e. The first-order valence-electron chi connectivity index (χ1n) is 5.82. The predicted octanol–water partition coefficient (Wildman–Crippen LogP) is 2.73. The normalized spacial score (nSPS) is 19.5. The molecule has 1 aromatic carbocycles. The molecule has 100 valence electrons. The van der Waals surface area contributed by atoms with Gasteiger partial charge < -0.3 is 15.0 Å². The highest BCUT2D eigenvalue weighted by Crippen LogP contribution is 2.29. The average Bonchev–Trinajstić information content (AvgIpc) is 2.92. The van der Waals surface area contributed by atoms with Crippen molar-refractivity contribution in [1.82, 2.24) is 10.1 Å². The Morgan fingerprint density at radius 3 is 3.11 bits per heavy atom. The quantitative estimate of drug-likeness (QED) is 0.629. The van der Waals surface area contributed by atoms with Gasteiger partial charge in [0.2, 0.25) is 5.82 Å². The van der Waals surface area contributed by atoms with Crippen molar-refractivity contribution >= 4 is 40.0 Å². The van der Waals surface area contributed by atoms with Gasteiger partial charge in [0.15, 0.2) is 0 Å². The van der Waals surface area contributed by atoms with Gasteiger partial charge in [0.25, 0.3) is 5.89 Å². The maximum Gasteiger partial charge on any atom is 0.260 e. The second-order valence-corrected chi connectivity index (χ2v) is 6.52. The van der Waals surface area contributed by atoms with Crippen LogP contribution in [0.3, 0.4) is 0 Å². The molecule has 1 fully saturated rings. The van der Waals surface area contributed by atoms with Crippen molar-refractivity contribution in [2.24, 2.45) is 0 Å². The molecule has 0 aliphatic carbocycles. The fraction of sp³-hybridized carbons (Fsp3) is 0.333. The summed E-state index contributed by atoms with van der Waals surface area (Å²) in [5, 5.41) is 4.00. The standard InChI is InChI=1S/C12H12IN3O2S/c13-7-1-2-9(14)8(5-7)12-15-11(16-18-12)10-6-19-4-3-17-10/h1-2,5,10H,3-4,6,14H2. The number of thioether (sulfide) groups is 1. The summed E-state index contributed by atoms with van der Waals surface area (Å²) in [6, 6.07) is 5.72. The Kier molecular flexibility index (Phi) is 3.94. The monoisotopic (exact) mass is 389 g/mol. The van der Waals surface area contributed by atoms with Gasteiger partial charge in [-0.15, -0.1) is 0 Å². The van der Waals surface area contributed by atoms with Gasteiger partial charge in [0, 0.05) is 20.8 Å². The largest absolute Gasteiger partial charge is 0.398 e. The Morgan fingerprint density at radius 2 is 2.32 bits per heavy atom. The molecule has 0 bridgehead atoms. The number of nitrogen functional groups attached to an aromatic ring is 1. The first-order chi connectivity index (χ1) is 9.24. The van der Waals surface area contributed by atoms with Gasteiger partial charge in [-0.2, -0.15) is 16.7 Å². The Bertz CT molecular complexity index is 584. The number of rotatable bonds is 2. The van der Waals surface area contributed by atoms with Crippen LogP contribution in [-0.2, 0) is 4.74 Å². The zero-order chi connectivity index (χ0) is 13.2. The molecule has 2 heterocycles. The number of benzene rings is 1. The van der Waals surface area contributed by atoms with Crippen molar-refractivity contribution in [3.8, 4) is 11.5 Å². The van der Waals surface area contributed by atoms with E-state index in [1.54, 1.807) is 0 Å². The van der Waals surface area contributed by atoms with E-state index in [0.717, 1.165) is 27.2 Å². The third kappa shape index (κ3) is 2.87. The number of hydrogen-bond donors (Lipinski definition) is 1. The van der Waals surface area contributed by atoms with Crippen LogP contribution in [0.25, 0.3) is 11.5 Å². The maximum absolute atomic E-state index is 5.94. The van der Waals surface area contributed by atoms with E-state index in [1.807, 2.05) is 30.0 Å². The molecule has 0 radical (unpaired) electrons. The van der Waals surface area contributed by atoms with E-state index in [4.69, 9.17) is 15.0 Å². The fourth-order valence-corrected chi connectivity index (χ4v) is 3.16. The highest BCUT2D eigenvalue weighted by atomic mass is 127. The minimum absolute atomic E-state index is 0.0831. The van der Waals surface area contributed by atoms with Crippen LogP contribution < -0.4 is 5.73 Å². The molecule has 1 saturated heterocycles. The SMILES string of the molecule is Nc1ccc(I)cc1-c1nc(C2CSCCO2)no1. The fourth-order valence-electron chi connectivity index (χ4n) is 1.83.